The third kappa shape index (κ3) is 6.18. The summed E-state index contributed by atoms with van der Waals surface area (Å²) in [5.74, 6) is 0.708. The lowest BCUT2D eigenvalue weighted by Gasteiger charge is -2.13. The van der Waals surface area contributed by atoms with Crippen LogP contribution in [-0.4, -0.2) is 18.2 Å². The predicted octanol–water partition coefficient (Wildman–Crippen LogP) is 4.54. The van der Waals surface area contributed by atoms with Crippen molar-refractivity contribution < 1.29 is 9.53 Å². The number of amides is 1. The second-order valence-corrected chi connectivity index (χ2v) is 6.47. The van der Waals surface area contributed by atoms with Crippen LogP contribution in [0.2, 0.25) is 0 Å². The molecule has 1 aliphatic carbocycles. The fourth-order valence-electron chi connectivity index (χ4n) is 2.40. The van der Waals surface area contributed by atoms with Crippen molar-refractivity contribution in [3.05, 3.63) is 46.1 Å². The summed E-state index contributed by atoms with van der Waals surface area (Å²) < 4.78 is 6.56. The number of carbonyl (C=O) groups excluding carboxylic acids is 1. The highest BCUT2D eigenvalue weighted by atomic mass is 79.9. The average molecular weight is 379 g/mol. The number of benzene rings is 1. The van der Waals surface area contributed by atoms with Crippen LogP contribution in [0.4, 0.5) is 0 Å². The minimum atomic E-state index is -0.220. The zero-order valence-corrected chi connectivity index (χ0v) is 15.1. The number of hydrogen-bond donors (Lipinski definition) is 1. The zero-order chi connectivity index (χ0) is 16.5. The first-order valence-corrected chi connectivity index (χ1v) is 8.91. The summed E-state index contributed by atoms with van der Waals surface area (Å²) in [5.41, 5.74) is 4.50. The van der Waals surface area contributed by atoms with Crippen LogP contribution in [0.25, 0.3) is 0 Å². The van der Waals surface area contributed by atoms with Crippen LogP contribution in [-0.2, 0) is 9.53 Å². The molecule has 0 saturated heterocycles. The Hall–Kier alpha value is -1.62. The molecule has 23 heavy (non-hydrogen) atoms. The van der Waals surface area contributed by atoms with Gasteiger partial charge in [0.05, 0.1) is 11.5 Å². The van der Waals surface area contributed by atoms with Gasteiger partial charge >= 0.3 is 0 Å². The van der Waals surface area contributed by atoms with Gasteiger partial charge in [-0.05, 0) is 49.5 Å². The molecule has 0 saturated carbocycles. The second-order valence-electron chi connectivity index (χ2n) is 5.56. The van der Waals surface area contributed by atoms with E-state index in [1.165, 1.54) is 6.42 Å². The van der Waals surface area contributed by atoms with Crippen LogP contribution in [0, 0.1) is 0 Å². The minimum Gasteiger partial charge on any atom is -0.488 e. The summed E-state index contributed by atoms with van der Waals surface area (Å²) in [4.78, 5) is 11.9. The van der Waals surface area contributed by atoms with Crippen LogP contribution in [0.15, 0.2) is 45.7 Å². The molecule has 0 spiro atoms. The van der Waals surface area contributed by atoms with E-state index in [4.69, 9.17) is 4.74 Å². The molecule has 0 bridgehead atoms. The first-order valence-electron chi connectivity index (χ1n) is 8.12. The molecule has 1 N–H and O–H groups in total. The molecule has 1 aromatic rings. The third-order valence-corrected chi connectivity index (χ3v) is 4.15. The van der Waals surface area contributed by atoms with Crippen molar-refractivity contribution in [2.75, 3.05) is 6.61 Å². The van der Waals surface area contributed by atoms with Gasteiger partial charge in [0.1, 0.15) is 0 Å². The first kappa shape index (κ1) is 17.7. The SMILES string of the molecule is CCC/C(=N\NC(=O)COC1=CCCCC1)c1ccc(Br)cc1. The van der Waals surface area contributed by atoms with Crippen LogP contribution >= 0.6 is 15.9 Å². The van der Waals surface area contributed by atoms with E-state index < -0.39 is 0 Å². The number of halogens is 1. The smallest absolute Gasteiger partial charge is 0.277 e. The summed E-state index contributed by atoms with van der Waals surface area (Å²) in [6.45, 7) is 2.12. The Kier molecular flexibility index (Phi) is 7.33. The van der Waals surface area contributed by atoms with E-state index in [9.17, 15) is 4.79 Å². The molecule has 1 amide bonds. The Labute approximate surface area is 146 Å². The van der Waals surface area contributed by atoms with Crippen LogP contribution < -0.4 is 5.43 Å². The molecule has 2 rings (SSSR count). The molecule has 0 aromatic heterocycles. The van der Waals surface area contributed by atoms with Gasteiger partial charge in [-0.2, -0.15) is 5.10 Å². The average Bonchev–Trinajstić information content (AvgIpc) is 2.58. The molecule has 4 nitrogen and oxygen atoms in total. The minimum absolute atomic E-state index is 0.0229. The zero-order valence-electron chi connectivity index (χ0n) is 13.5. The third-order valence-electron chi connectivity index (χ3n) is 3.62. The number of hydrazone groups is 1. The fraction of sp³-hybridized carbons (Fsp3) is 0.444. The van der Waals surface area contributed by atoms with E-state index in [0.29, 0.717) is 0 Å². The largest absolute Gasteiger partial charge is 0.488 e. The molecular formula is C18H23BrN2O2. The van der Waals surface area contributed by atoms with E-state index in [1.54, 1.807) is 0 Å². The first-order chi connectivity index (χ1) is 11.2. The lowest BCUT2D eigenvalue weighted by Crippen LogP contribution is -2.24. The number of allylic oxidation sites excluding steroid dienone is 2. The van der Waals surface area contributed by atoms with Crippen LogP contribution in [0.1, 0.15) is 51.0 Å². The molecule has 1 aromatic carbocycles. The summed E-state index contributed by atoms with van der Waals surface area (Å²) >= 11 is 3.42. The highest BCUT2D eigenvalue weighted by Gasteiger charge is 2.08. The van der Waals surface area contributed by atoms with E-state index in [1.807, 2.05) is 24.3 Å². The number of ether oxygens (including phenoxy) is 1. The summed E-state index contributed by atoms with van der Waals surface area (Å²) in [6.07, 6.45) is 8.16. The Morgan fingerprint density at radius 1 is 1.30 bits per heavy atom. The second kappa shape index (κ2) is 9.50. The van der Waals surface area contributed by atoms with E-state index in [-0.39, 0.29) is 12.5 Å². The van der Waals surface area contributed by atoms with Gasteiger partial charge in [0.25, 0.3) is 5.91 Å². The van der Waals surface area contributed by atoms with Gasteiger partial charge in [-0.25, -0.2) is 5.43 Å². The maximum atomic E-state index is 11.9. The Morgan fingerprint density at radius 3 is 2.74 bits per heavy atom. The van der Waals surface area contributed by atoms with Crippen molar-refractivity contribution in [3.8, 4) is 0 Å². The molecule has 1 aliphatic rings. The molecule has 0 fully saturated rings. The molecule has 124 valence electrons. The van der Waals surface area contributed by atoms with Gasteiger partial charge in [0.15, 0.2) is 6.61 Å². The summed E-state index contributed by atoms with van der Waals surface area (Å²) in [5, 5.41) is 4.28. The summed E-state index contributed by atoms with van der Waals surface area (Å²) in [7, 11) is 0. The van der Waals surface area contributed by atoms with Crippen molar-refractivity contribution in [1.29, 1.82) is 0 Å². The Bertz CT molecular complexity index is 579. The number of hydrogen-bond acceptors (Lipinski definition) is 3. The highest BCUT2D eigenvalue weighted by Crippen LogP contribution is 2.18. The number of carbonyl (C=O) groups is 1. The van der Waals surface area contributed by atoms with Crippen LogP contribution in [0.3, 0.4) is 0 Å². The molecule has 5 heteroatoms. The monoisotopic (exact) mass is 378 g/mol. The van der Waals surface area contributed by atoms with Gasteiger partial charge in [0, 0.05) is 10.9 Å². The molecular weight excluding hydrogens is 356 g/mol. The van der Waals surface area contributed by atoms with E-state index in [2.05, 4.69) is 39.5 Å². The Balaban J connectivity index is 1.90. The predicted molar refractivity (Wildman–Crippen MR) is 96.2 cm³/mol. The maximum Gasteiger partial charge on any atom is 0.277 e. The Morgan fingerprint density at radius 2 is 2.09 bits per heavy atom. The normalized spacial score (nSPS) is 15.0. The number of nitrogens with one attached hydrogen (secondary N) is 1. The van der Waals surface area contributed by atoms with Gasteiger partial charge in [-0.1, -0.05) is 41.4 Å². The number of rotatable bonds is 7. The van der Waals surface area contributed by atoms with E-state index >= 15 is 0 Å². The topological polar surface area (TPSA) is 50.7 Å². The van der Waals surface area contributed by atoms with Gasteiger partial charge in [-0.15, -0.1) is 0 Å². The molecule has 0 unspecified atom stereocenters. The van der Waals surface area contributed by atoms with Crippen molar-refractivity contribution in [1.82, 2.24) is 5.43 Å². The molecule has 0 aliphatic heterocycles. The van der Waals surface area contributed by atoms with Crippen molar-refractivity contribution in [3.63, 3.8) is 0 Å². The lowest BCUT2D eigenvalue weighted by molar-refractivity contribution is -0.124. The van der Waals surface area contributed by atoms with Gasteiger partial charge < -0.3 is 4.74 Å². The van der Waals surface area contributed by atoms with Crippen LogP contribution in [0.5, 0.6) is 0 Å². The molecule has 0 radical (unpaired) electrons. The standard InChI is InChI=1S/C18H23BrN2O2/c1-2-6-17(14-9-11-15(19)12-10-14)20-21-18(22)13-23-16-7-4-3-5-8-16/h7,9-12H,2-6,8,13H2,1H3,(H,21,22)/b20-17+. The number of nitrogens with zero attached hydrogens (tertiary/aromatic N) is 1. The van der Waals surface area contributed by atoms with E-state index in [0.717, 1.165) is 53.6 Å². The maximum absolute atomic E-state index is 11.9. The van der Waals surface area contributed by atoms with Gasteiger partial charge in [0.2, 0.25) is 0 Å². The fourth-order valence-corrected chi connectivity index (χ4v) is 2.67. The molecule has 0 atom stereocenters. The lowest BCUT2D eigenvalue weighted by atomic mass is 10.1. The molecule has 0 heterocycles. The van der Waals surface area contributed by atoms with Gasteiger partial charge in [-0.3, -0.25) is 4.79 Å². The summed E-state index contributed by atoms with van der Waals surface area (Å²) in [6, 6.07) is 7.93. The highest BCUT2D eigenvalue weighted by molar-refractivity contribution is 9.10. The van der Waals surface area contributed by atoms with Crippen molar-refractivity contribution in [2.45, 2.75) is 45.4 Å². The quantitative estimate of drug-likeness (QED) is 0.558. The van der Waals surface area contributed by atoms with Crippen molar-refractivity contribution in [2.24, 2.45) is 5.10 Å². The van der Waals surface area contributed by atoms with Crippen molar-refractivity contribution >= 4 is 27.5 Å².